The molecule has 0 amide bonds. The molecular formula is C18H20N4O3. The Kier molecular flexibility index (Phi) is 4.74. The van der Waals surface area contributed by atoms with Crippen molar-refractivity contribution in [2.75, 3.05) is 12.0 Å². The first-order valence-corrected chi connectivity index (χ1v) is 8.01. The fraction of sp³-hybridized carbons (Fsp3) is 0.222. The molecule has 0 radical (unpaired) electrons. The average Bonchev–Trinajstić information content (AvgIpc) is 3.01. The molecule has 25 heavy (non-hydrogen) atoms. The molecule has 1 aliphatic carbocycles. The van der Waals surface area contributed by atoms with Crippen molar-refractivity contribution in [3.63, 3.8) is 0 Å². The number of carbonyl (C=O) groups excluding carboxylic acids is 1. The largest absolute Gasteiger partial charge is 0.507 e. The zero-order chi connectivity index (χ0) is 17.8. The fourth-order valence-corrected chi connectivity index (χ4v) is 2.60. The van der Waals surface area contributed by atoms with Gasteiger partial charge in [-0.1, -0.05) is 12.1 Å². The number of aliphatic hydroxyl groups is 1. The van der Waals surface area contributed by atoms with Crippen molar-refractivity contribution in [2.24, 2.45) is 0 Å². The standard InChI is InChI=1S/C18H20N4O3/c1-3-25-17(24)12-8-11(2)16(23)13(9-12)10-19-22-18-20-14-6-4-5-7-15(14)21-18/h4-8,10,19,23H,3,9H2,1-2H3,(H2,20,21,22). The summed E-state index contributed by atoms with van der Waals surface area (Å²) in [6.45, 7) is 3.82. The molecule has 0 spiro atoms. The Morgan fingerprint density at radius 2 is 2.24 bits per heavy atom. The number of para-hydroxylation sites is 2. The molecule has 7 nitrogen and oxygen atoms in total. The van der Waals surface area contributed by atoms with Gasteiger partial charge in [0, 0.05) is 23.8 Å². The summed E-state index contributed by atoms with van der Waals surface area (Å²) in [5, 5.41) is 10.2. The van der Waals surface area contributed by atoms with Gasteiger partial charge in [-0.05, 0) is 37.6 Å². The lowest BCUT2D eigenvalue weighted by Crippen LogP contribution is -2.19. The number of rotatable bonds is 5. The molecule has 1 aromatic heterocycles. The minimum absolute atomic E-state index is 0.145. The highest BCUT2D eigenvalue weighted by Gasteiger charge is 2.21. The second kappa shape index (κ2) is 7.12. The van der Waals surface area contributed by atoms with Crippen molar-refractivity contribution >= 4 is 23.0 Å². The van der Waals surface area contributed by atoms with Crippen LogP contribution in [0.25, 0.3) is 11.0 Å². The molecular weight excluding hydrogens is 320 g/mol. The maximum atomic E-state index is 11.9. The van der Waals surface area contributed by atoms with Crippen LogP contribution >= 0.6 is 0 Å². The predicted molar refractivity (Wildman–Crippen MR) is 95.6 cm³/mol. The van der Waals surface area contributed by atoms with E-state index < -0.39 is 0 Å². The summed E-state index contributed by atoms with van der Waals surface area (Å²) in [5.41, 5.74) is 9.30. The number of anilines is 1. The number of nitrogens with one attached hydrogen (secondary N) is 3. The molecule has 130 valence electrons. The highest BCUT2D eigenvalue weighted by atomic mass is 16.5. The van der Waals surface area contributed by atoms with Gasteiger partial charge in [-0.2, -0.15) is 0 Å². The van der Waals surface area contributed by atoms with Crippen molar-refractivity contribution in [1.82, 2.24) is 15.4 Å². The number of H-pyrrole nitrogens is 1. The van der Waals surface area contributed by atoms with Crippen LogP contribution in [-0.2, 0) is 9.53 Å². The first kappa shape index (κ1) is 16.6. The topological polar surface area (TPSA) is 99.3 Å². The monoisotopic (exact) mass is 340 g/mol. The second-order valence-corrected chi connectivity index (χ2v) is 5.64. The maximum absolute atomic E-state index is 11.9. The Morgan fingerprint density at radius 3 is 3.00 bits per heavy atom. The van der Waals surface area contributed by atoms with Crippen LogP contribution in [0.4, 0.5) is 5.95 Å². The first-order chi connectivity index (χ1) is 12.1. The van der Waals surface area contributed by atoms with Gasteiger partial charge in [-0.15, -0.1) is 0 Å². The maximum Gasteiger partial charge on any atom is 0.334 e. The summed E-state index contributed by atoms with van der Waals surface area (Å²) >= 11 is 0. The van der Waals surface area contributed by atoms with E-state index in [0.29, 0.717) is 29.3 Å². The number of imidazole rings is 1. The third kappa shape index (κ3) is 3.65. The molecule has 4 N–H and O–H groups in total. The number of aromatic nitrogens is 2. The molecule has 0 saturated heterocycles. The van der Waals surface area contributed by atoms with E-state index in [-0.39, 0.29) is 18.1 Å². The lowest BCUT2D eigenvalue weighted by Gasteiger charge is -2.17. The number of aliphatic hydroxyl groups excluding tert-OH is 1. The minimum atomic E-state index is -0.370. The lowest BCUT2D eigenvalue weighted by molar-refractivity contribution is -0.138. The molecule has 0 unspecified atom stereocenters. The summed E-state index contributed by atoms with van der Waals surface area (Å²) in [6.07, 6.45) is 3.55. The van der Waals surface area contributed by atoms with Crippen molar-refractivity contribution in [2.45, 2.75) is 20.3 Å². The van der Waals surface area contributed by atoms with E-state index >= 15 is 0 Å². The molecule has 0 bridgehead atoms. The van der Waals surface area contributed by atoms with Crippen molar-refractivity contribution in [3.05, 3.63) is 59.0 Å². The number of nitrogens with zero attached hydrogens (tertiary/aromatic N) is 1. The molecule has 0 fully saturated rings. The smallest absolute Gasteiger partial charge is 0.334 e. The van der Waals surface area contributed by atoms with Crippen LogP contribution in [0, 0.1) is 0 Å². The molecule has 1 aromatic carbocycles. The van der Waals surface area contributed by atoms with Crippen LogP contribution in [0.3, 0.4) is 0 Å². The minimum Gasteiger partial charge on any atom is -0.507 e. The van der Waals surface area contributed by atoms with Crippen LogP contribution in [0.2, 0.25) is 0 Å². The Hall–Kier alpha value is -3.22. The molecule has 0 saturated carbocycles. The van der Waals surface area contributed by atoms with Gasteiger partial charge in [0.25, 0.3) is 0 Å². The van der Waals surface area contributed by atoms with Gasteiger partial charge >= 0.3 is 5.97 Å². The Morgan fingerprint density at radius 1 is 1.44 bits per heavy atom. The van der Waals surface area contributed by atoms with Crippen LogP contribution in [0.1, 0.15) is 20.3 Å². The van der Waals surface area contributed by atoms with Gasteiger partial charge in [0.05, 0.1) is 17.6 Å². The van der Waals surface area contributed by atoms with Crippen molar-refractivity contribution in [3.8, 4) is 0 Å². The van der Waals surface area contributed by atoms with E-state index in [1.165, 1.54) is 0 Å². The van der Waals surface area contributed by atoms with E-state index in [1.54, 1.807) is 26.1 Å². The average molecular weight is 340 g/mol. The van der Waals surface area contributed by atoms with Crippen LogP contribution in [-0.4, -0.2) is 27.7 Å². The SMILES string of the molecule is CCOC(=O)C1=CC(C)=C(O)C(=CNNc2nc3ccccc3[nH]2)C1. The van der Waals surface area contributed by atoms with Gasteiger partial charge in [0.15, 0.2) is 0 Å². The number of allylic oxidation sites excluding steroid dienone is 3. The number of hydrogen-bond donors (Lipinski definition) is 4. The highest BCUT2D eigenvalue weighted by Crippen LogP contribution is 2.27. The number of esters is 1. The predicted octanol–water partition coefficient (Wildman–Crippen LogP) is 3.09. The lowest BCUT2D eigenvalue weighted by atomic mass is 9.94. The number of benzene rings is 1. The first-order valence-electron chi connectivity index (χ1n) is 8.01. The molecule has 2 aromatic rings. The molecule has 3 rings (SSSR count). The van der Waals surface area contributed by atoms with Gasteiger partial charge < -0.3 is 20.3 Å². The van der Waals surface area contributed by atoms with Crippen LogP contribution < -0.4 is 10.9 Å². The highest BCUT2D eigenvalue weighted by molar-refractivity contribution is 5.90. The summed E-state index contributed by atoms with van der Waals surface area (Å²) in [4.78, 5) is 19.4. The Bertz CT molecular complexity index is 860. The molecule has 1 aliphatic rings. The summed E-state index contributed by atoms with van der Waals surface area (Å²) in [5.74, 6) is 0.327. The number of carbonyl (C=O) groups is 1. The van der Waals surface area contributed by atoms with Crippen LogP contribution in [0.5, 0.6) is 0 Å². The van der Waals surface area contributed by atoms with E-state index in [0.717, 1.165) is 11.0 Å². The molecule has 0 atom stereocenters. The molecule has 1 heterocycles. The normalized spacial score (nSPS) is 16.1. The van der Waals surface area contributed by atoms with Gasteiger partial charge in [-0.3, -0.25) is 5.43 Å². The van der Waals surface area contributed by atoms with E-state index in [4.69, 9.17) is 4.74 Å². The van der Waals surface area contributed by atoms with Gasteiger partial charge in [-0.25, -0.2) is 9.78 Å². The van der Waals surface area contributed by atoms with Crippen molar-refractivity contribution in [1.29, 1.82) is 0 Å². The quantitative estimate of drug-likeness (QED) is 0.493. The van der Waals surface area contributed by atoms with Crippen molar-refractivity contribution < 1.29 is 14.6 Å². The third-order valence-electron chi connectivity index (χ3n) is 3.81. The summed E-state index contributed by atoms with van der Waals surface area (Å²) in [7, 11) is 0. The number of ether oxygens (including phenoxy) is 1. The number of hydrogen-bond acceptors (Lipinski definition) is 6. The number of hydrazine groups is 1. The van der Waals surface area contributed by atoms with E-state index in [9.17, 15) is 9.90 Å². The zero-order valence-corrected chi connectivity index (χ0v) is 14.1. The van der Waals surface area contributed by atoms with Gasteiger partial charge in [0.2, 0.25) is 5.95 Å². The fourth-order valence-electron chi connectivity index (χ4n) is 2.60. The summed E-state index contributed by atoms with van der Waals surface area (Å²) in [6, 6.07) is 7.68. The third-order valence-corrected chi connectivity index (χ3v) is 3.81. The molecule has 0 aliphatic heterocycles. The Balaban J connectivity index is 1.70. The van der Waals surface area contributed by atoms with E-state index in [2.05, 4.69) is 20.8 Å². The van der Waals surface area contributed by atoms with Gasteiger partial charge in [0.1, 0.15) is 5.76 Å². The zero-order valence-electron chi connectivity index (χ0n) is 14.1. The Labute approximate surface area is 145 Å². The second-order valence-electron chi connectivity index (χ2n) is 5.64. The van der Waals surface area contributed by atoms with E-state index in [1.807, 2.05) is 24.3 Å². The molecule has 7 heteroatoms. The van der Waals surface area contributed by atoms with Crippen LogP contribution in [0.15, 0.2) is 59.0 Å². The number of aromatic amines is 1. The summed E-state index contributed by atoms with van der Waals surface area (Å²) < 4.78 is 5.03. The number of fused-ring (bicyclic) bond motifs is 1.